The highest BCUT2D eigenvalue weighted by Gasteiger charge is 2.13. The number of rotatable bonds is 7. The Bertz CT molecular complexity index is 938. The summed E-state index contributed by atoms with van der Waals surface area (Å²) in [7, 11) is 0. The lowest BCUT2D eigenvalue weighted by molar-refractivity contribution is -0.139. The van der Waals surface area contributed by atoms with E-state index >= 15 is 0 Å². The van der Waals surface area contributed by atoms with Gasteiger partial charge < -0.3 is 20.1 Å². The smallest absolute Gasteiger partial charge is 0.341 e. The molecule has 7 nitrogen and oxygen atoms in total. The van der Waals surface area contributed by atoms with E-state index in [-0.39, 0.29) is 5.91 Å². The molecule has 0 aliphatic heterocycles. The number of carbonyl (C=O) groups is 2. The van der Waals surface area contributed by atoms with Crippen LogP contribution in [0.25, 0.3) is 11.0 Å². The fourth-order valence-corrected chi connectivity index (χ4v) is 2.96. The van der Waals surface area contributed by atoms with Crippen LogP contribution in [-0.2, 0) is 11.2 Å². The Balaban J connectivity index is 1.61. The molecule has 1 heterocycles. The average molecular weight is 367 g/mol. The molecule has 0 saturated heterocycles. The number of hydrogen-bond donors (Lipinski definition) is 3. The van der Waals surface area contributed by atoms with Crippen molar-refractivity contribution in [1.29, 1.82) is 0 Å². The number of ether oxygens (including phenoxy) is 1. The lowest BCUT2D eigenvalue weighted by Gasteiger charge is -2.13. The number of carbonyl (C=O) groups excluding carboxylic acids is 1. The molecule has 0 spiro atoms. The standard InChI is InChI=1S/C20H21N3O4/c1-12-9-14(10-13(2)19(12)27-11-18(24)25)20(26)21-8-7-17-22-15-5-3-4-6-16(15)23-17/h3-6,9-10H,7-8,11H2,1-2H3,(H,21,26)(H,22,23)(H,24,25). The van der Waals surface area contributed by atoms with E-state index < -0.39 is 12.6 Å². The van der Waals surface area contributed by atoms with Crippen LogP contribution in [-0.4, -0.2) is 40.1 Å². The summed E-state index contributed by atoms with van der Waals surface area (Å²) in [4.78, 5) is 30.8. The number of imidazole rings is 1. The third kappa shape index (κ3) is 4.44. The second-order valence-corrected chi connectivity index (χ2v) is 6.33. The van der Waals surface area contributed by atoms with Gasteiger partial charge in [0.2, 0.25) is 0 Å². The molecule has 0 fully saturated rings. The molecule has 3 aromatic rings. The van der Waals surface area contributed by atoms with Gasteiger partial charge in [-0.1, -0.05) is 12.1 Å². The van der Waals surface area contributed by atoms with Crippen molar-refractivity contribution in [3.05, 3.63) is 58.9 Å². The number of nitrogens with one attached hydrogen (secondary N) is 2. The maximum atomic E-state index is 12.4. The van der Waals surface area contributed by atoms with E-state index in [9.17, 15) is 9.59 Å². The van der Waals surface area contributed by atoms with Gasteiger partial charge in [0.1, 0.15) is 11.6 Å². The lowest BCUT2D eigenvalue weighted by Crippen LogP contribution is -2.26. The summed E-state index contributed by atoms with van der Waals surface area (Å²) in [5, 5.41) is 11.6. The van der Waals surface area contributed by atoms with Gasteiger partial charge in [-0.05, 0) is 49.2 Å². The summed E-state index contributed by atoms with van der Waals surface area (Å²) in [6.45, 7) is 3.61. The summed E-state index contributed by atoms with van der Waals surface area (Å²) in [5.74, 6) is 0.0841. The van der Waals surface area contributed by atoms with Gasteiger partial charge in [-0.15, -0.1) is 0 Å². The number of aliphatic carboxylic acids is 1. The van der Waals surface area contributed by atoms with Crippen LogP contribution in [0.4, 0.5) is 0 Å². The van der Waals surface area contributed by atoms with Crippen LogP contribution in [0.3, 0.4) is 0 Å². The van der Waals surface area contributed by atoms with Gasteiger partial charge in [0, 0.05) is 18.5 Å². The van der Waals surface area contributed by atoms with Crippen LogP contribution in [0.5, 0.6) is 5.75 Å². The number of aryl methyl sites for hydroxylation is 2. The van der Waals surface area contributed by atoms with E-state index in [0.717, 1.165) is 28.0 Å². The van der Waals surface area contributed by atoms with Crippen LogP contribution >= 0.6 is 0 Å². The summed E-state index contributed by atoms with van der Waals surface area (Å²) in [5.41, 5.74) is 3.83. The van der Waals surface area contributed by atoms with Gasteiger partial charge in [-0.25, -0.2) is 9.78 Å². The molecule has 0 atom stereocenters. The van der Waals surface area contributed by atoms with Gasteiger partial charge in [0.25, 0.3) is 5.91 Å². The minimum Gasteiger partial charge on any atom is -0.481 e. The molecule has 0 saturated carbocycles. The fraction of sp³-hybridized carbons (Fsp3) is 0.250. The number of H-pyrrole nitrogens is 1. The number of para-hydroxylation sites is 2. The number of nitrogens with zero attached hydrogens (tertiary/aromatic N) is 1. The number of benzene rings is 2. The Kier molecular flexibility index (Phi) is 5.40. The molecule has 3 rings (SSSR count). The molecule has 27 heavy (non-hydrogen) atoms. The van der Waals surface area contributed by atoms with E-state index in [2.05, 4.69) is 15.3 Å². The number of fused-ring (bicyclic) bond motifs is 1. The predicted molar refractivity (Wildman–Crippen MR) is 101 cm³/mol. The quantitative estimate of drug-likeness (QED) is 0.595. The molecule has 1 aromatic heterocycles. The molecule has 0 radical (unpaired) electrons. The van der Waals surface area contributed by atoms with E-state index in [4.69, 9.17) is 9.84 Å². The third-order valence-corrected chi connectivity index (χ3v) is 4.15. The highest BCUT2D eigenvalue weighted by atomic mass is 16.5. The molecule has 0 aliphatic carbocycles. The summed E-state index contributed by atoms with van der Waals surface area (Å²) >= 11 is 0. The Morgan fingerprint density at radius 3 is 2.56 bits per heavy atom. The first-order chi connectivity index (χ1) is 12.9. The molecule has 7 heteroatoms. The largest absolute Gasteiger partial charge is 0.481 e. The molecular weight excluding hydrogens is 346 g/mol. The van der Waals surface area contributed by atoms with Crippen LogP contribution in [0, 0.1) is 13.8 Å². The highest BCUT2D eigenvalue weighted by Crippen LogP contribution is 2.24. The minimum atomic E-state index is -1.04. The number of carboxylic acid groups (broad SMARTS) is 1. The maximum absolute atomic E-state index is 12.4. The van der Waals surface area contributed by atoms with Crippen molar-refractivity contribution in [3.8, 4) is 5.75 Å². The topological polar surface area (TPSA) is 104 Å². The Morgan fingerprint density at radius 1 is 1.19 bits per heavy atom. The molecule has 0 bridgehead atoms. The molecule has 2 aromatic carbocycles. The zero-order chi connectivity index (χ0) is 19.4. The normalized spacial score (nSPS) is 10.7. The first-order valence-electron chi connectivity index (χ1n) is 8.61. The van der Waals surface area contributed by atoms with Gasteiger partial charge in [0.05, 0.1) is 11.0 Å². The van der Waals surface area contributed by atoms with Crippen molar-refractivity contribution in [3.63, 3.8) is 0 Å². The van der Waals surface area contributed by atoms with Gasteiger partial charge in [-0.2, -0.15) is 0 Å². The van der Waals surface area contributed by atoms with Crippen molar-refractivity contribution in [2.75, 3.05) is 13.2 Å². The van der Waals surface area contributed by atoms with Gasteiger partial charge in [0.15, 0.2) is 6.61 Å². The Labute approximate surface area is 156 Å². The summed E-state index contributed by atoms with van der Waals surface area (Å²) < 4.78 is 5.29. The maximum Gasteiger partial charge on any atom is 0.341 e. The average Bonchev–Trinajstić information content (AvgIpc) is 3.03. The lowest BCUT2D eigenvalue weighted by atomic mass is 10.1. The molecular formula is C20H21N3O4. The summed E-state index contributed by atoms with van der Waals surface area (Å²) in [6.07, 6.45) is 0.595. The monoisotopic (exact) mass is 367 g/mol. The van der Waals surface area contributed by atoms with E-state index in [0.29, 0.717) is 24.3 Å². The summed E-state index contributed by atoms with van der Waals surface area (Å²) in [6, 6.07) is 11.2. The van der Waals surface area contributed by atoms with Crippen molar-refractivity contribution in [2.45, 2.75) is 20.3 Å². The number of hydrogen-bond acceptors (Lipinski definition) is 4. The Hall–Kier alpha value is -3.35. The molecule has 140 valence electrons. The molecule has 1 amide bonds. The first kappa shape index (κ1) is 18.4. The van der Waals surface area contributed by atoms with Crippen molar-refractivity contribution >= 4 is 22.9 Å². The number of carboxylic acids is 1. The van der Waals surface area contributed by atoms with Crippen LogP contribution in [0.1, 0.15) is 27.3 Å². The van der Waals surface area contributed by atoms with Crippen LogP contribution in [0.15, 0.2) is 36.4 Å². The SMILES string of the molecule is Cc1cc(C(=O)NCCc2nc3ccccc3[nH]2)cc(C)c1OCC(=O)O. The predicted octanol–water partition coefficient (Wildman–Crippen LogP) is 2.62. The first-order valence-corrected chi connectivity index (χ1v) is 8.61. The molecule has 0 unspecified atom stereocenters. The molecule has 3 N–H and O–H groups in total. The van der Waals surface area contributed by atoms with Crippen LogP contribution < -0.4 is 10.1 Å². The number of aromatic nitrogens is 2. The number of aromatic amines is 1. The van der Waals surface area contributed by atoms with Crippen molar-refractivity contribution in [1.82, 2.24) is 15.3 Å². The van der Waals surface area contributed by atoms with Crippen molar-refractivity contribution in [2.24, 2.45) is 0 Å². The second-order valence-electron chi connectivity index (χ2n) is 6.33. The second kappa shape index (κ2) is 7.90. The Morgan fingerprint density at radius 2 is 1.89 bits per heavy atom. The van der Waals surface area contributed by atoms with E-state index in [1.54, 1.807) is 26.0 Å². The van der Waals surface area contributed by atoms with Crippen LogP contribution in [0.2, 0.25) is 0 Å². The highest BCUT2D eigenvalue weighted by molar-refractivity contribution is 5.95. The third-order valence-electron chi connectivity index (χ3n) is 4.15. The zero-order valence-corrected chi connectivity index (χ0v) is 15.2. The van der Waals surface area contributed by atoms with Crippen molar-refractivity contribution < 1.29 is 19.4 Å². The minimum absolute atomic E-state index is 0.193. The van der Waals surface area contributed by atoms with E-state index in [1.807, 2.05) is 24.3 Å². The number of amides is 1. The molecule has 0 aliphatic rings. The fourth-order valence-electron chi connectivity index (χ4n) is 2.96. The van der Waals surface area contributed by atoms with E-state index in [1.165, 1.54) is 0 Å². The van der Waals surface area contributed by atoms with Gasteiger partial charge >= 0.3 is 5.97 Å². The van der Waals surface area contributed by atoms with Gasteiger partial charge in [-0.3, -0.25) is 4.79 Å². The zero-order valence-electron chi connectivity index (χ0n) is 15.2.